The third kappa shape index (κ3) is 2.34. The fourth-order valence-corrected chi connectivity index (χ4v) is 1.87. The third-order valence-corrected chi connectivity index (χ3v) is 2.65. The van der Waals surface area contributed by atoms with Crippen molar-refractivity contribution in [2.75, 3.05) is 6.54 Å². The predicted octanol–water partition coefficient (Wildman–Crippen LogP) is 0.380. The Labute approximate surface area is 88.3 Å². The molecular weight excluding hydrogens is 192 g/mol. The quantitative estimate of drug-likeness (QED) is 0.484. The number of amides is 1. The molecule has 0 aromatic heterocycles. The molecule has 4 heteroatoms. The summed E-state index contributed by atoms with van der Waals surface area (Å²) < 4.78 is 0. The van der Waals surface area contributed by atoms with Gasteiger partial charge in [0.25, 0.3) is 0 Å². The molecular formula is C11H14N2O2. The molecule has 0 atom stereocenters. The Morgan fingerprint density at radius 1 is 1.47 bits per heavy atom. The van der Waals surface area contributed by atoms with Gasteiger partial charge in [-0.1, -0.05) is 18.2 Å². The average molecular weight is 206 g/mol. The molecule has 4 nitrogen and oxygen atoms in total. The predicted molar refractivity (Wildman–Crippen MR) is 55.5 cm³/mol. The lowest BCUT2D eigenvalue weighted by molar-refractivity contribution is -0.128. The van der Waals surface area contributed by atoms with E-state index in [0.717, 1.165) is 25.1 Å². The van der Waals surface area contributed by atoms with Crippen molar-refractivity contribution in [1.29, 1.82) is 0 Å². The summed E-state index contributed by atoms with van der Waals surface area (Å²) in [4.78, 5) is 11.0. The second-order valence-corrected chi connectivity index (χ2v) is 3.74. The van der Waals surface area contributed by atoms with Crippen LogP contribution in [0.15, 0.2) is 18.2 Å². The van der Waals surface area contributed by atoms with Crippen LogP contribution in [-0.2, 0) is 24.2 Å². The molecule has 0 radical (unpaired) electrons. The lowest BCUT2D eigenvalue weighted by atomic mass is 9.97. The fraction of sp³-hybridized carbons (Fsp3) is 0.364. The van der Waals surface area contributed by atoms with Gasteiger partial charge in [-0.25, -0.2) is 5.48 Å². The number of fused-ring (bicyclic) bond motifs is 1. The maximum absolute atomic E-state index is 11.0. The van der Waals surface area contributed by atoms with Gasteiger partial charge in [-0.15, -0.1) is 0 Å². The molecule has 0 saturated carbocycles. The van der Waals surface area contributed by atoms with Crippen LogP contribution in [0.1, 0.15) is 16.7 Å². The van der Waals surface area contributed by atoms with Crippen LogP contribution in [0, 0.1) is 0 Å². The molecule has 1 aromatic rings. The van der Waals surface area contributed by atoms with E-state index in [0.29, 0.717) is 0 Å². The summed E-state index contributed by atoms with van der Waals surface area (Å²) in [5, 5.41) is 11.7. The van der Waals surface area contributed by atoms with Crippen LogP contribution in [0.2, 0.25) is 0 Å². The van der Waals surface area contributed by atoms with Crippen molar-refractivity contribution in [3.63, 3.8) is 0 Å². The molecule has 80 valence electrons. The Kier molecular flexibility index (Phi) is 2.99. The molecule has 1 heterocycles. The first-order chi connectivity index (χ1) is 7.29. The van der Waals surface area contributed by atoms with Crippen molar-refractivity contribution >= 4 is 5.91 Å². The summed E-state index contributed by atoms with van der Waals surface area (Å²) in [6, 6.07) is 6.03. The SMILES string of the molecule is O=C(Cc1ccc2c(c1)CNCC2)NO. The van der Waals surface area contributed by atoms with E-state index in [1.165, 1.54) is 11.1 Å². The maximum Gasteiger partial charge on any atom is 0.247 e. The minimum Gasteiger partial charge on any atom is -0.312 e. The molecule has 1 aromatic carbocycles. The van der Waals surface area contributed by atoms with Crippen LogP contribution in [0.25, 0.3) is 0 Å². The van der Waals surface area contributed by atoms with Gasteiger partial charge in [0.2, 0.25) is 5.91 Å². The first kappa shape index (κ1) is 10.1. The zero-order chi connectivity index (χ0) is 10.7. The Bertz CT molecular complexity index is 377. The summed E-state index contributed by atoms with van der Waals surface area (Å²) in [6.07, 6.45) is 1.27. The second kappa shape index (κ2) is 4.42. The minimum absolute atomic E-state index is 0.226. The molecule has 2 rings (SSSR count). The molecule has 15 heavy (non-hydrogen) atoms. The molecule has 1 aliphatic heterocycles. The molecule has 0 saturated heterocycles. The number of rotatable bonds is 2. The first-order valence-electron chi connectivity index (χ1n) is 5.04. The van der Waals surface area contributed by atoms with E-state index >= 15 is 0 Å². The number of benzene rings is 1. The lowest BCUT2D eigenvalue weighted by Gasteiger charge is -2.17. The van der Waals surface area contributed by atoms with Gasteiger partial charge in [0, 0.05) is 6.54 Å². The fourth-order valence-electron chi connectivity index (χ4n) is 1.87. The highest BCUT2D eigenvalue weighted by Gasteiger charge is 2.10. The number of carbonyl (C=O) groups is 1. The Morgan fingerprint density at radius 2 is 2.33 bits per heavy atom. The molecule has 3 N–H and O–H groups in total. The van der Waals surface area contributed by atoms with Crippen LogP contribution < -0.4 is 10.8 Å². The van der Waals surface area contributed by atoms with E-state index in [-0.39, 0.29) is 12.3 Å². The van der Waals surface area contributed by atoms with E-state index in [9.17, 15) is 4.79 Å². The standard InChI is InChI=1S/C11H14N2O2/c14-11(13-15)6-8-1-2-9-3-4-12-7-10(9)5-8/h1-2,5,12,15H,3-4,6-7H2,(H,13,14). The zero-order valence-electron chi connectivity index (χ0n) is 8.42. The van der Waals surface area contributed by atoms with Crippen molar-refractivity contribution < 1.29 is 10.0 Å². The molecule has 0 unspecified atom stereocenters. The van der Waals surface area contributed by atoms with Crippen LogP contribution in [0.4, 0.5) is 0 Å². The lowest BCUT2D eigenvalue weighted by Crippen LogP contribution is -2.24. The van der Waals surface area contributed by atoms with Gasteiger partial charge in [-0.3, -0.25) is 10.0 Å². The number of hydroxylamine groups is 1. The van der Waals surface area contributed by atoms with Gasteiger partial charge < -0.3 is 5.32 Å². The molecule has 0 aliphatic carbocycles. The van der Waals surface area contributed by atoms with Gasteiger partial charge in [0.15, 0.2) is 0 Å². The molecule has 1 amide bonds. The monoisotopic (exact) mass is 206 g/mol. The molecule has 1 aliphatic rings. The van der Waals surface area contributed by atoms with Gasteiger partial charge in [-0.05, 0) is 29.7 Å². The van der Waals surface area contributed by atoms with Crippen molar-refractivity contribution in [1.82, 2.24) is 10.8 Å². The van der Waals surface area contributed by atoms with E-state index < -0.39 is 0 Å². The normalized spacial score (nSPS) is 14.5. The van der Waals surface area contributed by atoms with E-state index in [1.54, 1.807) is 5.48 Å². The highest BCUT2D eigenvalue weighted by molar-refractivity contribution is 5.77. The first-order valence-corrected chi connectivity index (χ1v) is 5.04. The Hall–Kier alpha value is -1.39. The zero-order valence-corrected chi connectivity index (χ0v) is 8.42. The highest BCUT2D eigenvalue weighted by Crippen LogP contribution is 2.16. The van der Waals surface area contributed by atoms with Crippen molar-refractivity contribution in [3.8, 4) is 0 Å². The largest absolute Gasteiger partial charge is 0.312 e. The summed E-state index contributed by atoms with van der Waals surface area (Å²) in [5.74, 6) is -0.376. The van der Waals surface area contributed by atoms with Crippen molar-refractivity contribution in [2.45, 2.75) is 19.4 Å². The maximum atomic E-state index is 11.0. The molecule has 0 fully saturated rings. The van der Waals surface area contributed by atoms with Gasteiger partial charge in [0.05, 0.1) is 6.42 Å². The van der Waals surface area contributed by atoms with Crippen LogP contribution in [0.3, 0.4) is 0 Å². The van der Waals surface area contributed by atoms with E-state index in [2.05, 4.69) is 11.4 Å². The highest BCUT2D eigenvalue weighted by atomic mass is 16.5. The number of nitrogens with one attached hydrogen (secondary N) is 2. The Balaban J connectivity index is 2.17. The third-order valence-electron chi connectivity index (χ3n) is 2.65. The van der Waals surface area contributed by atoms with Crippen LogP contribution in [0.5, 0.6) is 0 Å². The molecule has 0 bridgehead atoms. The second-order valence-electron chi connectivity index (χ2n) is 3.74. The topological polar surface area (TPSA) is 61.4 Å². The van der Waals surface area contributed by atoms with Gasteiger partial charge in [0.1, 0.15) is 0 Å². The Morgan fingerprint density at radius 3 is 3.13 bits per heavy atom. The number of hydrogen-bond donors (Lipinski definition) is 3. The van der Waals surface area contributed by atoms with Gasteiger partial charge >= 0.3 is 0 Å². The molecule has 0 spiro atoms. The summed E-state index contributed by atoms with van der Waals surface area (Å²) in [7, 11) is 0. The van der Waals surface area contributed by atoms with Crippen LogP contribution >= 0.6 is 0 Å². The minimum atomic E-state index is -0.376. The van der Waals surface area contributed by atoms with Crippen molar-refractivity contribution in [2.24, 2.45) is 0 Å². The van der Waals surface area contributed by atoms with Gasteiger partial charge in [-0.2, -0.15) is 0 Å². The summed E-state index contributed by atoms with van der Waals surface area (Å²) in [6.45, 7) is 1.88. The smallest absolute Gasteiger partial charge is 0.247 e. The van der Waals surface area contributed by atoms with Crippen molar-refractivity contribution in [3.05, 3.63) is 34.9 Å². The summed E-state index contributed by atoms with van der Waals surface area (Å²) in [5.41, 5.74) is 5.18. The summed E-state index contributed by atoms with van der Waals surface area (Å²) >= 11 is 0. The number of hydrogen-bond acceptors (Lipinski definition) is 3. The van der Waals surface area contributed by atoms with E-state index in [4.69, 9.17) is 5.21 Å². The number of carbonyl (C=O) groups excluding carboxylic acids is 1. The average Bonchev–Trinajstić information content (AvgIpc) is 2.29. The van der Waals surface area contributed by atoms with Crippen LogP contribution in [-0.4, -0.2) is 17.7 Å². The van der Waals surface area contributed by atoms with E-state index in [1.807, 2.05) is 12.1 Å².